The molecule has 0 spiro atoms. The summed E-state index contributed by atoms with van der Waals surface area (Å²) >= 11 is 0. The normalized spacial score (nSPS) is 19.3. The fourth-order valence-corrected chi connectivity index (χ4v) is 3.65. The Bertz CT molecular complexity index is 725. The van der Waals surface area contributed by atoms with E-state index in [0.29, 0.717) is 12.3 Å². The van der Waals surface area contributed by atoms with Crippen molar-refractivity contribution in [2.75, 3.05) is 6.54 Å². The van der Waals surface area contributed by atoms with Crippen molar-refractivity contribution in [3.63, 3.8) is 0 Å². The molecule has 132 valence electrons. The van der Waals surface area contributed by atoms with E-state index in [1.165, 1.54) is 17.7 Å². The van der Waals surface area contributed by atoms with Crippen LogP contribution in [0.5, 0.6) is 0 Å². The molecular formula is C21H24FNO2. The molecule has 2 unspecified atom stereocenters. The Morgan fingerprint density at radius 1 is 1.04 bits per heavy atom. The molecule has 1 aliphatic rings. The highest BCUT2D eigenvalue weighted by atomic mass is 19.1. The largest absolute Gasteiger partial charge is 0.480 e. The first-order valence-corrected chi connectivity index (χ1v) is 8.81. The van der Waals surface area contributed by atoms with E-state index in [1.807, 2.05) is 4.90 Å². The highest BCUT2D eigenvalue weighted by Crippen LogP contribution is 2.35. The van der Waals surface area contributed by atoms with E-state index in [4.69, 9.17) is 0 Å². The molecule has 0 amide bonds. The maximum Gasteiger partial charge on any atom is 0.320 e. The van der Waals surface area contributed by atoms with Crippen LogP contribution in [0, 0.1) is 5.82 Å². The maximum absolute atomic E-state index is 13.4. The van der Waals surface area contributed by atoms with Crippen LogP contribution < -0.4 is 0 Å². The SMILES string of the molecule is CC(C)c1ccc(C(c2ccc(F)cc2)N2CCCC2C(=O)O)cc1. The third-order valence-electron chi connectivity index (χ3n) is 5.02. The quantitative estimate of drug-likeness (QED) is 0.865. The van der Waals surface area contributed by atoms with Crippen molar-refractivity contribution < 1.29 is 14.3 Å². The van der Waals surface area contributed by atoms with Crippen LogP contribution in [0.1, 0.15) is 55.3 Å². The lowest BCUT2D eigenvalue weighted by atomic mass is 9.93. The van der Waals surface area contributed by atoms with Gasteiger partial charge >= 0.3 is 5.97 Å². The standard InChI is InChI=1S/C21H24FNO2/c1-14(2)15-5-7-16(8-6-15)20(17-9-11-18(22)12-10-17)23-13-3-4-19(23)21(24)25/h5-12,14,19-20H,3-4,13H2,1-2H3,(H,24,25). The molecule has 1 heterocycles. The van der Waals surface area contributed by atoms with Crippen LogP contribution in [-0.4, -0.2) is 28.6 Å². The molecule has 1 N–H and O–H groups in total. The van der Waals surface area contributed by atoms with Crippen LogP contribution in [0.25, 0.3) is 0 Å². The van der Waals surface area contributed by atoms with Crippen molar-refractivity contribution in [3.05, 3.63) is 71.0 Å². The van der Waals surface area contributed by atoms with Gasteiger partial charge in [0.05, 0.1) is 6.04 Å². The van der Waals surface area contributed by atoms with Gasteiger partial charge in [-0.05, 0) is 47.6 Å². The zero-order valence-electron chi connectivity index (χ0n) is 14.7. The van der Waals surface area contributed by atoms with Gasteiger partial charge in [0.25, 0.3) is 0 Å². The van der Waals surface area contributed by atoms with Crippen LogP contribution in [0.4, 0.5) is 4.39 Å². The highest BCUT2D eigenvalue weighted by molar-refractivity contribution is 5.74. The van der Waals surface area contributed by atoms with E-state index >= 15 is 0 Å². The molecule has 3 nitrogen and oxygen atoms in total. The van der Waals surface area contributed by atoms with E-state index < -0.39 is 12.0 Å². The van der Waals surface area contributed by atoms with Crippen molar-refractivity contribution in [3.8, 4) is 0 Å². The van der Waals surface area contributed by atoms with Gasteiger partial charge in [-0.3, -0.25) is 9.69 Å². The fourth-order valence-electron chi connectivity index (χ4n) is 3.65. The third kappa shape index (κ3) is 3.74. The molecule has 1 fully saturated rings. The number of carboxylic acids is 1. The minimum Gasteiger partial charge on any atom is -0.480 e. The topological polar surface area (TPSA) is 40.5 Å². The number of likely N-dealkylation sites (tertiary alicyclic amines) is 1. The summed E-state index contributed by atoms with van der Waals surface area (Å²) in [5.74, 6) is -0.630. The number of nitrogens with zero attached hydrogens (tertiary/aromatic N) is 1. The zero-order valence-corrected chi connectivity index (χ0v) is 14.7. The summed E-state index contributed by atoms with van der Waals surface area (Å²) in [7, 11) is 0. The Labute approximate surface area is 148 Å². The zero-order chi connectivity index (χ0) is 18.0. The van der Waals surface area contributed by atoms with E-state index in [1.54, 1.807) is 12.1 Å². The molecule has 0 saturated carbocycles. The predicted octanol–water partition coefficient (Wildman–Crippen LogP) is 4.59. The van der Waals surface area contributed by atoms with E-state index in [0.717, 1.165) is 24.1 Å². The summed E-state index contributed by atoms with van der Waals surface area (Å²) in [5.41, 5.74) is 3.22. The van der Waals surface area contributed by atoms with E-state index in [2.05, 4.69) is 38.1 Å². The molecule has 2 aromatic rings. The number of hydrogen-bond acceptors (Lipinski definition) is 2. The average Bonchev–Trinajstić information content (AvgIpc) is 3.07. The second-order valence-electron chi connectivity index (χ2n) is 7.01. The molecule has 4 heteroatoms. The number of carboxylic acid groups (broad SMARTS) is 1. The summed E-state index contributed by atoms with van der Waals surface area (Å²) in [5, 5.41) is 9.59. The van der Waals surface area contributed by atoms with Crippen molar-refractivity contribution in [1.82, 2.24) is 4.90 Å². The lowest BCUT2D eigenvalue weighted by molar-refractivity contribution is -0.142. The van der Waals surface area contributed by atoms with Gasteiger partial charge in [0.2, 0.25) is 0 Å². The van der Waals surface area contributed by atoms with Crippen molar-refractivity contribution >= 4 is 5.97 Å². The predicted molar refractivity (Wildman–Crippen MR) is 96.1 cm³/mol. The molecule has 0 aliphatic carbocycles. The van der Waals surface area contributed by atoms with Gasteiger partial charge in [-0.2, -0.15) is 0 Å². The van der Waals surface area contributed by atoms with Crippen LogP contribution in [0.3, 0.4) is 0 Å². The molecule has 1 saturated heterocycles. The number of benzene rings is 2. The molecule has 0 bridgehead atoms. The first kappa shape index (κ1) is 17.6. The summed E-state index contributed by atoms with van der Waals surface area (Å²) in [6, 6.07) is 14.1. The summed E-state index contributed by atoms with van der Waals surface area (Å²) in [6.07, 6.45) is 1.51. The number of aliphatic carboxylic acids is 1. The summed E-state index contributed by atoms with van der Waals surface area (Å²) in [4.78, 5) is 13.7. The number of hydrogen-bond donors (Lipinski definition) is 1. The van der Waals surface area contributed by atoms with Crippen molar-refractivity contribution in [2.45, 2.75) is 44.7 Å². The lowest BCUT2D eigenvalue weighted by Crippen LogP contribution is -2.39. The Kier molecular flexibility index (Phi) is 5.19. The number of carbonyl (C=O) groups is 1. The van der Waals surface area contributed by atoms with Crippen LogP contribution in [0.15, 0.2) is 48.5 Å². The molecule has 1 aliphatic heterocycles. The van der Waals surface area contributed by atoms with Crippen LogP contribution >= 0.6 is 0 Å². The minimum absolute atomic E-state index is 0.176. The Balaban J connectivity index is 2.02. The average molecular weight is 341 g/mol. The summed E-state index contributed by atoms with van der Waals surface area (Å²) < 4.78 is 13.4. The van der Waals surface area contributed by atoms with Gasteiger partial charge < -0.3 is 5.11 Å². The molecule has 2 atom stereocenters. The van der Waals surface area contributed by atoms with E-state index in [-0.39, 0.29) is 11.9 Å². The fraction of sp³-hybridized carbons (Fsp3) is 0.381. The number of halogens is 1. The van der Waals surface area contributed by atoms with Crippen LogP contribution in [0.2, 0.25) is 0 Å². The molecule has 25 heavy (non-hydrogen) atoms. The lowest BCUT2D eigenvalue weighted by Gasteiger charge is -2.32. The highest BCUT2D eigenvalue weighted by Gasteiger charge is 2.36. The maximum atomic E-state index is 13.4. The van der Waals surface area contributed by atoms with Gasteiger partial charge in [-0.15, -0.1) is 0 Å². The van der Waals surface area contributed by atoms with Gasteiger partial charge in [0, 0.05) is 6.54 Å². The first-order valence-electron chi connectivity index (χ1n) is 8.81. The summed E-state index contributed by atoms with van der Waals surface area (Å²) in [6.45, 7) is 5.02. The number of rotatable bonds is 5. The molecule has 0 aromatic heterocycles. The van der Waals surface area contributed by atoms with E-state index in [9.17, 15) is 14.3 Å². The molecule has 2 aromatic carbocycles. The molecular weight excluding hydrogens is 317 g/mol. The van der Waals surface area contributed by atoms with Crippen LogP contribution in [-0.2, 0) is 4.79 Å². The van der Waals surface area contributed by atoms with Gasteiger partial charge in [-0.1, -0.05) is 50.2 Å². The molecule has 0 radical (unpaired) electrons. The minimum atomic E-state index is -0.789. The van der Waals surface area contributed by atoms with Gasteiger partial charge in [0.1, 0.15) is 11.9 Å². The molecule has 3 rings (SSSR count). The Morgan fingerprint density at radius 3 is 2.08 bits per heavy atom. The first-order chi connectivity index (χ1) is 12.0. The van der Waals surface area contributed by atoms with Crippen molar-refractivity contribution in [2.24, 2.45) is 0 Å². The Morgan fingerprint density at radius 2 is 1.56 bits per heavy atom. The smallest absolute Gasteiger partial charge is 0.320 e. The van der Waals surface area contributed by atoms with Crippen molar-refractivity contribution in [1.29, 1.82) is 0 Å². The second kappa shape index (κ2) is 7.36. The van der Waals surface area contributed by atoms with Gasteiger partial charge in [0.15, 0.2) is 0 Å². The monoisotopic (exact) mass is 341 g/mol. The third-order valence-corrected chi connectivity index (χ3v) is 5.02. The Hall–Kier alpha value is -2.20. The second-order valence-corrected chi connectivity index (χ2v) is 7.01. The van der Waals surface area contributed by atoms with Gasteiger partial charge in [-0.25, -0.2) is 4.39 Å².